The van der Waals surface area contributed by atoms with E-state index in [0.717, 1.165) is 15.7 Å². The molecule has 94 valence electrons. The highest BCUT2D eigenvalue weighted by Gasteiger charge is 2.47. The maximum atomic E-state index is 11.3. The number of nitrogens with zero attached hydrogens (tertiary/aromatic N) is 1. The predicted octanol–water partition coefficient (Wildman–Crippen LogP) is 1.66. The SMILES string of the molecule is Cc1nc(NC2COCC2(C)C(=O)O)sc1C. The molecule has 1 aliphatic rings. The number of hydrogen-bond acceptors (Lipinski definition) is 5. The summed E-state index contributed by atoms with van der Waals surface area (Å²) in [6.45, 7) is 6.29. The number of aliphatic carboxylic acids is 1. The van der Waals surface area contributed by atoms with Gasteiger partial charge in [0, 0.05) is 4.88 Å². The molecule has 2 N–H and O–H groups in total. The zero-order valence-electron chi connectivity index (χ0n) is 10.1. The van der Waals surface area contributed by atoms with Crippen molar-refractivity contribution in [3.05, 3.63) is 10.6 Å². The standard InChI is InChI=1S/C11H16N2O3S/c1-6-7(2)17-10(12-6)13-8-4-16-5-11(8,3)9(14)15/h8H,4-5H2,1-3H3,(H,12,13)(H,14,15). The lowest BCUT2D eigenvalue weighted by molar-refractivity contribution is -0.148. The molecule has 1 saturated heterocycles. The van der Waals surface area contributed by atoms with Crippen LogP contribution in [0.25, 0.3) is 0 Å². The van der Waals surface area contributed by atoms with E-state index in [4.69, 9.17) is 4.74 Å². The minimum absolute atomic E-state index is 0.232. The molecule has 0 bridgehead atoms. The summed E-state index contributed by atoms with van der Waals surface area (Å²) in [6, 6.07) is -0.232. The third kappa shape index (κ3) is 2.14. The van der Waals surface area contributed by atoms with Gasteiger partial charge in [-0.25, -0.2) is 4.98 Å². The van der Waals surface area contributed by atoms with E-state index in [1.807, 2.05) is 13.8 Å². The van der Waals surface area contributed by atoms with Crippen LogP contribution in [0.15, 0.2) is 0 Å². The van der Waals surface area contributed by atoms with E-state index in [-0.39, 0.29) is 12.6 Å². The van der Waals surface area contributed by atoms with E-state index in [2.05, 4.69) is 10.3 Å². The molecule has 0 spiro atoms. The van der Waals surface area contributed by atoms with Gasteiger partial charge in [0.15, 0.2) is 5.13 Å². The average molecular weight is 256 g/mol. The molecule has 1 aromatic heterocycles. The molecule has 2 atom stereocenters. The molecule has 0 amide bonds. The highest BCUT2D eigenvalue weighted by atomic mass is 32.1. The Hall–Kier alpha value is -1.14. The summed E-state index contributed by atoms with van der Waals surface area (Å²) in [7, 11) is 0. The number of thiazole rings is 1. The second kappa shape index (κ2) is 4.27. The maximum Gasteiger partial charge on any atom is 0.313 e. The van der Waals surface area contributed by atoms with Crippen LogP contribution in [0.1, 0.15) is 17.5 Å². The molecule has 2 unspecified atom stereocenters. The summed E-state index contributed by atoms with van der Waals surface area (Å²) in [5, 5.41) is 13.2. The van der Waals surface area contributed by atoms with Crippen molar-refractivity contribution in [2.24, 2.45) is 5.41 Å². The van der Waals surface area contributed by atoms with Crippen LogP contribution in [-0.4, -0.2) is 35.3 Å². The first-order valence-corrected chi connectivity index (χ1v) is 6.27. The van der Waals surface area contributed by atoms with Crippen LogP contribution in [0.4, 0.5) is 5.13 Å². The molecule has 0 aromatic carbocycles. The Kier molecular flexibility index (Phi) is 3.09. The first-order chi connectivity index (χ1) is 7.93. The largest absolute Gasteiger partial charge is 0.481 e. The van der Waals surface area contributed by atoms with Crippen LogP contribution in [-0.2, 0) is 9.53 Å². The van der Waals surface area contributed by atoms with Gasteiger partial charge in [-0.3, -0.25) is 4.79 Å². The van der Waals surface area contributed by atoms with E-state index in [1.165, 1.54) is 0 Å². The molecule has 0 radical (unpaired) electrons. The Bertz CT molecular complexity index is 426. The van der Waals surface area contributed by atoms with E-state index in [0.29, 0.717) is 6.61 Å². The highest BCUT2D eigenvalue weighted by Crippen LogP contribution is 2.32. The number of ether oxygens (including phenoxy) is 1. The van der Waals surface area contributed by atoms with E-state index >= 15 is 0 Å². The van der Waals surface area contributed by atoms with Gasteiger partial charge in [0.1, 0.15) is 5.41 Å². The van der Waals surface area contributed by atoms with Crippen LogP contribution in [0.5, 0.6) is 0 Å². The van der Waals surface area contributed by atoms with Crippen LogP contribution in [0.2, 0.25) is 0 Å². The summed E-state index contributed by atoms with van der Waals surface area (Å²) < 4.78 is 5.28. The van der Waals surface area contributed by atoms with Gasteiger partial charge in [0.05, 0.1) is 24.9 Å². The number of carboxylic acid groups (broad SMARTS) is 1. The van der Waals surface area contributed by atoms with Crippen molar-refractivity contribution >= 4 is 22.4 Å². The van der Waals surface area contributed by atoms with Gasteiger partial charge in [0.2, 0.25) is 0 Å². The van der Waals surface area contributed by atoms with E-state index < -0.39 is 11.4 Å². The molecule has 1 aromatic rings. The minimum atomic E-state index is -0.881. The van der Waals surface area contributed by atoms with Gasteiger partial charge in [-0.1, -0.05) is 0 Å². The number of aromatic nitrogens is 1. The second-order valence-corrected chi connectivity index (χ2v) is 5.80. The number of rotatable bonds is 3. The summed E-state index contributed by atoms with van der Waals surface area (Å²) >= 11 is 1.54. The molecule has 5 nitrogen and oxygen atoms in total. The van der Waals surface area contributed by atoms with Crippen LogP contribution >= 0.6 is 11.3 Å². The van der Waals surface area contributed by atoms with Gasteiger partial charge >= 0.3 is 5.97 Å². The number of anilines is 1. The summed E-state index contributed by atoms with van der Waals surface area (Å²) in [4.78, 5) is 16.8. The number of hydrogen-bond donors (Lipinski definition) is 2. The van der Waals surface area contributed by atoms with Crippen molar-refractivity contribution in [3.8, 4) is 0 Å². The third-order valence-corrected chi connectivity index (χ3v) is 4.27. The Balaban J connectivity index is 2.16. The molecular formula is C11H16N2O3S. The molecule has 2 heterocycles. The Morgan fingerprint density at radius 3 is 2.88 bits per heavy atom. The van der Waals surface area contributed by atoms with E-state index in [1.54, 1.807) is 18.3 Å². The van der Waals surface area contributed by atoms with E-state index in [9.17, 15) is 9.90 Å². The fourth-order valence-electron chi connectivity index (χ4n) is 1.77. The maximum absolute atomic E-state index is 11.3. The molecular weight excluding hydrogens is 240 g/mol. The molecule has 1 aliphatic heterocycles. The quantitative estimate of drug-likeness (QED) is 0.860. The molecule has 1 fully saturated rings. The zero-order chi connectivity index (χ0) is 12.6. The molecule has 2 rings (SSSR count). The number of carboxylic acids is 1. The number of nitrogens with one attached hydrogen (secondary N) is 1. The van der Waals surface area contributed by atoms with Gasteiger partial charge in [-0.05, 0) is 20.8 Å². The van der Waals surface area contributed by atoms with Gasteiger partial charge in [-0.2, -0.15) is 0 Å². The molecule has 0 aliphatic carbocycles. The van der Waals surface area contributed by atoms with Crippen molar-refractivity contribution in [2.75, 3.05) is 18.5 Å². The zero-order valence-corrected chi connectivity index (χ0v) is 10.9. The average Bonchev–Trinajstić information content (AvgIpc) is 2.74. The monoisotopic (exact) mass is 256 g/mol. The molecule has 17 heavy (non-hydrogen) atoms. The van der Waals surface area contributed by atoms with Crippen molar-refractivity contribution in [1.82, 2.24) is 4.98 Å². The van der Waals surface area contributed by atoms with Crippen molar-refractivity contribution in [2.45, 2.75) is 26.8 Å². The summed E-state index contributed by atoms with van der Waals surface area (Å²) in [5.74, 6) is -0.836. The van der Waals surface area contributed by atoms with Crippen molar-refractivity contribution in [1.29, 1.82) is 0 Å². The summed E-state index contributed by atoms with van der Waals surface area (Å²) in [6.07, 6.45) is 0. The van der Waals surface area contributed by atoms with Gasteiger partial charge < -0.3 is 15.2 Å². The topological polar surface area (TPSA) is 71.5 Å². The normalized spacial score (nSPS) is 28.3. The summed E-state index contributed by atoms with van der Waals surface area (Å²) in [5.41, 5.74) is 0.0986. The molecule has 6 heteroatoms. The lowest BCUT2D eigenvalue weighted by atomic mass is 9.85. The van der Waals surface area contributed by atoms with Crippen LogP contribution in [0.3, 0.4) is 0 Å². The Labute approximate surface area is 104 Å². The minimum Gasteiger partial charge on any atom is -0.481 e. The molecule has 0 saturated carbocycles. The smallest absolute Gasteiger partial charge is 0.313 e. The van der Waals surface area contributed by atoms with Gasteiger partial charge in [0.25, 0.3) is 0 Å². The van der Waals surface area contributed by atoms with Crippen molar-refractivity contribution < 1.29 is 14.6 Å². The fourth-order valence-corrected chi connectivity index (χ4v) is 2.64. The van der Waals surface area contributed by atoms with Gasteiger partial charge in [-0.15, -0.1) is 11.3 Å². The Morgan fingerprint density at radius 1 is 1.65 bits per heavy atom. The highest BCUT2D eigenvalue weighted by molar-refractivity contribution is 7.15. The number of aryl methyl sites for hydroxylation is 2. The first kappa shape index (κ1) is 12.3. The Morgan fingerprint density at radius 2 is 2.35 bits per heavy atom. The lowest BCUT2D eigenvalue weighted by Gasteiger charge is -2.25. The fraction of sp³-hybridized carbons (Fsp3) is 0.636. The lowest BCUT2D eigenvalue weighted by Crippen LogP contribution is -2.43. The van der Waals surface area contributed by atoms with Crippen LogP contribution < -0.4 is 5.32 Å². The number of carbonyl (C=O) groups is 1. The predicted molar refractivity (Wildman–Crippen MR) is 65.6 cm³/mol. The second-order valence-electron chi connectivity index (χ2n) is 4.60. The van der Waals surface area contributed by atoms with Crippen LogP contribution in [0, 0.1) is 19.3 Å². The first-order valence-electron chi connectivity index (χ1n) is 5.45. The third-order valence-electron chi connectivity index (χ3n) is 3.27. The van der Waals surface area contributed by atoms with Crippen molar-refractivity contribution in [3.63, 3.8) is 0 Å².